The lowest BCUT2D eigenvalue weighted by Crippen LogP contribution is -2.26. The van der Waals surface area contributed by atoms with E-state index < -0.39 is 11.7 Å². The van der Waals surface area contributed by atoms with Crippen LogP contribution in [0, 0.1) is 0 Å². The Hall–Kier alpha value is -3.29. The van der Waals surface area contributed by atoms with Crippen LogP contribution < -0.4 is 10.3 Å². The van der Waals surface area contributed by atoms with Gasteiger partial charge in [-0.1, -0.05) is 62.7 Å². The van der Waals surface area contributed by atoms with E-state index in [0.717, 1.165) is 17.0 Å². The van der Waals surface area contributed by atoms with Crippen LogP contribution in [0.25, 0.3) is 10.9 Å². The Labute approximate surface area is 225 Å². The summed E-state index contributed by atoms with van der Waals surface area (Å²) in [7, 11) is 1.58. The van der Waals surface area contributed by atoms with Gasteiger partial charge in [0.1, 0.15) is 5.75 Å². The highest BCUT2D eigenvalue weighted by atomic mass is 35.5. The zero-order valence-corrected chi connectivity index (χ0v) is 22.5. The van der Waals surface area contributed by atoms with Crippen molar-refractivity contribution in [1.29, 1.82) is 0 Å². The monoisotopic (exact) mass is 542 g/mol. The minimum atomic E-state index is -4.52. The number of fused-ring (bicyclic) bond motifs is 1. The summed E-state index contributed by atoms with van der Waals surface area (Å²) in [6.07, 6.45) is -4.52. The lowest BCUT2D eigenvalue weighted by atomic mass is 9.87. The summed E-state index contributed by atoms with van der Waals surface area (Å²) in [5.41, 5.74) is 2.99. The van der Waals surface area contributed by atoms with Crippen molar-refractivity contribution in [2.75, 3.05) is 7.11 Å². The van der Waals surface area contributed by atoms with Gasteiger partial charge < -0.3 is 9.72 Å². The molecule has 0 saturated carbocycles. The van der Waals surface area contributed by atoms with E-state index in [-0.39, 0.29) is 22.5 Å². The van der Waals surface area contributed by atoms with Gasteiger partial charge in [0.2, 0.25) is 0 Å². The number of nitrogens with zero attached hydrogens (tertiary/aromatic N) is 1. The van der Waals surface area contributed by atoms with Gasteiger partial charge in [0.25, 0.3) is 5.56 Å². The van der Waals surface area contributed by atoms with Crippen molar-refractivity contribution >= 4 is 22.5 Å². The van der Waals surface area contributed by atoms with Crippen LogP contribution in [-0.4, -0.2) is 17.0 Å². The Bertz CT molecular complexity index is 1490. The summed E-state index contributed by atoms with van der Waals surface area (Å²) in [4.78, 5) is 17.9. The molecule has 0 aliphatic heterocycles. The molecule has 200 valence electrons. The van der Waals surface area contributed by atoms with Gasteiger partial charge in [-0.25, -0.2) is 0 Å². The van der Waals surface area contributed by atoms with E-state index in [1.165, 1.54) is 17.7 Å². The molecule has 4 rings (SSSR count). The molecule has 4 nitrogen and oxygen atoms in total. The van der Waals surface area contributed by atoms with Crippen LogP contribution in [-0.2, 0) is 31.2 Å². The van der Waals surface area contributed by atoms with E-state index in [9.17, 15) is 18.0 Å². The van der Waals surface area contributed by atoms with Gasteiger partial charge in [-0.05, 0) is 58.5 Å². The average Bonchev–Trinajstić information content (AvgIpc) is 2.83. The second-order valence-corrected chi connectivity index (χ2v) is 10.9. The van der Waals surface area contributed by atoms with Crippen molar-refractivity contribution < 1.29 is 17.9 Å². The van der Waals surface area contributed by atoms with Crippen molar-refractivity contribution in [2.24, 2.45) is 0 Å². The second kappa shape index (κ2) is 10.8. The van der Waals surface area contributed by atoms with Crippen LogP contribution in [0.1, 0.15) is 48.6 Å². The molecule has 3 aromatic carbocycles. The fourth-order valence-corrected chi connectivity index (χ4v) is 4.71. The van der Waals surface area contributed by atoms with Crippen molar-refractivity contribution in [1.82, 2.24) is 9.88 Å². The molecule has 0 bridgehead atoms. The molecule has 1 aromatic heterocycles. The third-order valence-electron chi connectivity index (χ3n) is 6.49. The van der Waals surface area contributed by atoms with Crippen LogP contribution in [0.5, 0.6) is 5.75 Å². The number of aromatic amines is 1. The molecule has 0 saturated heterocycles. The van der Waals surface area contributed by atoms with Gasteiger partial charge in [0, 0.05) is 36.1 Å². The van der Waals surface area contributed by atoms with Gasteiger partial charge in [-0.15, -0.1) is 0 Å². The number of hydrogen-bond donors (Lipinski definition) is 1. The maximum absolute atomic E-state index is 13.2. The highest BCUT2D eigenvalue weighted by Gasteiger charge is 2.33. The highest BCUT2D eigenvalue weighted by Crippen LogP contribution is 2.35. The van der Waals surface area contributed by atoms with Gasteiger partial charge >= 0.3 is 6.18 Å². The molecule has 0 unspecified atom stereocenters. The van der Waals surface area contributed by atoms with E-state index in [2.05, 4.69) is 37.9 Å². The standard InChI is InChI=1S/C30H30ClF3N2O2/c1-29(2,3)23-8-5-19(6-9-23)16-36(17-20-7-11-25(26(31)13-20)30(32,33)34)18-22-14-21-15-24(38-4)10-12-27(21)35-28(22)37/h5-15H,16-18H2,1-4H3,(H,35,37). The lowest BCUT2D eigenvalue weighted by molar-refractivity contribution is -0.137. The van der Waals surface area contributed by atoms with Crippen molar-refractivity contribution in [3.8, 4) is 5.75 Å². The quantitative estimate of drug-likeness (QED) is 0.260. The molecule has 1 heterocycles. The number of pyridine rings is 1. The van der Waals surface area contributed by atoms with Crippen molar-refractivity contribution in [2.45, 2.75) is 52.0 Å². The van der Waals surface area contributed by atoms with Crippen LogP contribution >= 0.6 is 11.6 Å². The summed E-state index contributed by atoms with van der Waals surface area (Å²) in [6, 6.07) is 19.3. The molecule has 8 heteroatoms. The largest absolute Gasteiger partial charge is 0.497 e. The van der Waals surface area contributed by atoms with E-state index in [0.29, 0.717) is 35.5 Å². The van der Waals surface area contributed by atoms with E-state index in [1.807, 2.05) is 29.2 Å². The number of halogens is 4. The number of aromatic nitrogens is 1. The zero-order chi connectivity index (χ0) is 27.7. The first-order valence-corrected chi connectivity index (χ1v) is 12.6. The van der Waals surface area contributed by atoms with Crippen LogP contribution in [0.15, 0.2) is 71.5 Å². The predicted molar refractivity (Wildman–Crippen MR) is 146 cm³/mol. The molecule has 0 spiro atoms. The summed E-state index contributed by atoms with van der Waals surface area (Å²) in [5.74, 6) is 0.672. The smallest absolute Gasteiger partial charge is 0.417 e. The Morgan fingerprint density at radius 2 is 1.53 bits per heavy atom. The molecule has 0 radical (unpaired) electrons. The maximum atomic E-state index is 13.2. The number of methoxy groups -OCH3 is 1. The molecule has 0 amide bonds. The van der Waals surface area contributed by atoms with Gasteiger partial charge in [0.15, 0.2) is 0 Å². The average molecular weight is 543 g/mol. The first-order chi connectivity index (χ1) is 17.8. The SMILES string of the molecule is COc1ccc2[nH]c(=O)c(CN(Cc3ccc(C(C)(C)C)cc3)Cc3ccc(C(F)(F)F)c(Cl)c3)cc2c1. The molecule has 0 aliphatic rings. The molecule has 38 heavy (non-hydrogen) atoms. The fraction of sp³-hybridized carbons (Fsp3) is 0.300. The molecule has 1 N–H and O–H groups in total. The number of ether oxygens (including phenoxy) is 1. The van der Waals surface area contributed by atoms with Gasteiger partial charge in [0.05, 0.1) is 17.7 Å². The Morgan fingerprint density at radius 1 is 0.868 bits per heavy atom. The fourth-order valence-electron chi connectivity index (χ4n) is 4.40. The normalized spacial score (nSPS) is 12.3. The first kappa shape index (κ1) is 27.7. The van der Waals surface area contributed by atoms with Crippen LogP contribution in [0.2, 0.25) is 5.02 Å². The first-order valence-electron chi connectivity index (χ1n) is 12.2. The number of rotatable bonds is 7. The molecule has 0 atom stereocenters. The second-order valence-electron chi connectivity index (χ2n) is 10.5. The summed E-state index contributed by atoms with van der Waals surface area (Å²) in [5, 5.41) is 0.478. The summed E-state index contributed by atoms with van der Waals surface area (Å²) < 4.78 is 45.0. The Morgan fingerprint density at radius 3 is 2.13 bits per heavy atom. The zero-order valence-electron chi connectivity index (χ0n) is 21.7. The molecular formula is C30H30ClF3N2O2. The predicted octanol–water partition coefficient (Wildman–Crippen LogP) is 7.71. The summed E-state index contributed by atoms with van der Waals surface area (Å²) >= 11 is 5.99. The van der Waals surface area contributed by atoms with E-state index in [1.54, 1.807) is 19.2 Å². The number of benzene rings is 3. The topological polar surface area (TPSA) is 45.3 Å². The lowest BCUT2D eigenvalue weighted by Gasteiger charge is -2.24. The molecule has 0 aliphatic carbocycles. The Balaban J connectivity index is 1.67. The van der Waals surface area contributed by atoms with E-state index >= 15 is 0 Å². The molecule has 0 fully saturated rings. The van der Waals surface area contributed by atoms with E-state index in [4.69, 9.17) is 16.3 Å². The van der Waals surface area contributed by atoms with Crippen LogP contribution in [0.4, 0.5) is 13.2 Å². The minimum Gasteiger partial charge on any atom is -0.497 e. The Kier molecular flexibility index (Phi) is 7.90. The third kappa shape index (κ3) is 6.58. The maximum Gasteiger partial charge on any atom is 0.417 e. The summed E-state index contributed by atoms with van der Waals surface area (Å²) in [6.45, 7) is 7.49. The number of H-pyrrole nitrogens is 1. The number of nitrogens with one attached hydrogen (secondary N) is 1. The minimum absolute atomic E-state index is 0.00857. The third-order valence-corrected chi connectivity index (χ3v) is 6.81. The number of alkyl halides is 3. The highest BCUT2D eigenvalue weighted by molar-refractivity contribution is 6.31. The van der Waals surface area contributed by atoms with Crippen molar-refractivity contribution in [3.63, 3.8) is 0 Å². The van der Waals surface area contributed by atoms with Gasteiger partial charge in [-0.2, -0.15) is 13.2 Å². The molecule has 4 aromatic rings. The number of hydrogen-bond acceptors (Lipinski definition) is 3. The molecular weight excluding hydrogens is 513 g/mol. The van der Waals surface area contributed by atoms with Crippen LogP contribution in [0.3, 0.4) is 0 Å². The van der Waals surface area contributed by atoms with Gasteiger partial charge in [-0.3, -0.25) is 9.69 Å². The van der Waals surface area contributed by atoms with Crippen molar-refractivity contribution in [3.05, 3.63) is 110 Å².